The van der Waals surface area contributed by atoms with Crippen LogP contribution in [0.25, 0.3) is 0 Å². The number of nitrogens with one attached hydrogen (secondary N) is 2. The Labute approximate surface area is 129 Å². The lowest BCUT2D eigenvalue weighted by atomic mass is 10.2. The third kappa shape index (κ3) is 3.85. The molecule has 126 valence electrons. The summed E-state index contributed by atoms with van der Waals surface area (Å²) in [5.41, 5.74) is -1.32. The number of aliphatic carboxylic acids is 1. The maximum absolute atomic E-state index is 11.7. The predicted molar refractivity (Wildman–Crippen MR) is 75.8 cm³/mol. The average molecular weight is 327 g/mol. The SMILES string of the molecule is O=C(O)CCC(=O)N[C@@H]1C[C@H](n2ccc(=O)[nH]c2=O)[C@H](O)[C@@H]1O. The molecule has 1 aromatic rings. The van der Waals surface area contributed by atoms with Gasteiger partial charge < -0.3 is 20.6 Å². The number of amides is 1. The molecular formula is C13H17N3O7. The van der Waals surface area contributed by atoms with Crippen molar-refractivity contribution in [2.24, 2.45) is 0 Å². The minimum atomic E-state index is -1.32. The van der Waals surface area contributed by atoms with E-state index in [1.54, 1.807) is 0 Å². The van der Waals surface area contributed by atoms with Gasteiger partial charge in [-0.15, -0.1) is 0 Å². The maximum atomic E-state index is 11.7. The Hall–Kier alpha value is -2.46. The van der Waals surface area contributed by atoms with Gasteiger partial charge in [-0.05, 0) is 6.42 Å². The Morgan fingerprint density at radius 2 is 1.96 bits per heavy atom. The smallest absolute Gasteiger partial charge is 0.328 e. The zero-order valence-electron chi connectivity index (χ0n) is 12.0. The summed E-state index contributed by atoms with van der Waals surface area (Å²) in [5, 5.41) is 31.0. The third-order valence-corrected chi connectivity index (χ3v) is 3.77. The van der Waals surface area contributed by atoms with Gasteiger partial charge in [-0.3, -0.25) is 23.9 Å². The number of hydrogen-bond acceptors (Lipinski definition) is 6. The molecule has 4 atom stereocenters. The molecule has 1 amide bonds. The molecule has 0 radical (unpaired) electrons. The van der Waals surface area contributed by atoms with Crippen molar-refractivity contribution < 1.29 is 24.9 Å². The summed E-state index contributed by atoms with van der Waals surface area (Å²) < 4.78 is 1.08. The Balaban J connectivity index is 2.09. The van der Waals surface area contributed by atoms with E-state index in [9.17, 15) is 29.4 Å². The molecule has 1 aliphatic carbocycles. The summed E-state index contributed by atoms with van der Waals surface area (Å²) in [5.74, 6) is -1.69. The minimum absolute atomic E-state index is 0.0626. The first-order valence-electron chi connectivity index (χ1n) is 6.98. The second-order valence-electron chi connectivity index (χ2n) is 5.37. The number of H-pyrrole nitrogens is 1. The number of aromatic amines is 1. The fraction of sp³-hybridized carbons (Fsp3) is 0.538. The zero-order chi connectivity index (χ0) is 17.1. The highest BCUT2D eigenvalue weighted by atomic mass is 16.4. The monoisotopic (exact) mass is 327 g/mol. The zero-order valence-corrected chi connectivity index (χ0v) is 12.0. The molecule has 5 N–H and O–H groups in total. The fourth-order valence-electron chi connectivity index (χ4n) is 2.61. The van der Waals surface area contributed by atoms with Gasteiger partial charge in [-0.1, -0.05) is 0 Å². The fourth-order valence-corrected chi connectivity index (χ4v) is 2.61. The molecule has 0 saturated heterocycles. The van der Waals surface area contributed by atoms with Gasteiger partial charge in [-0.2, -0.15) is 0 Å². The van der Waals surface area contributed by atoms with Crippen LogP contribution in [0.15, 0.2) is 21.9 Å². The number of nitrogens with zero attached hydrogens (tertiary/aromatic N) is 1. The van der Waals surface area contributed by atoms with E-state index in [-0.39, 0.29) is 19.3 Å². The number of aromatic nitrogens is 2. The van der Waals surface area contributed by atoms with Crippen LogP contribution in [0, 0.1) is 0 Å². The number of carbonyl (C=O) groups excluding carboxylic acids is 1. The van der Waals surface area contributed by atoms with E-state index in [1.807, 2.05) is 4.98 Å². The van der Waals surface area contributed by atoms with Crippen LogP contribution in [0.3, 0.4) is 0 Å². The number of aliphatic hydroxyl groups excluding tert-OH is 2. The van der Waals surface area contributed by atoms with Gasteiger partial charge in [0.15, 0.2) is 0 Å². The molecule has 1 saturated carbocycles. The van der Waals surface area contributed by atoms with Crippen LogP contribution in [-0.4, -0.2) is 55.0 Å². The molecule has 1 heterocycles. The summed E-state index contributed by atoms with van der Waals surface area (Å²) >= 11 is 0. The van der Waals surface area contributed by atoms with Gasteiger partial charge in [0.05, 0.1) is 18.5 Å². The second-order valence-corrected chi connectivity index (χ2v) is 5.37. The number of carbonyl (C=O) groups is 2. The Morgan fingerprint density at radius 3 is 2.57 bits per heavy atom. The summed E-state index contributed by atoms with van der Waals surface area (Å²) in [6.45, 7) is 0. The maximum Gasteiger partial charge on any atom is 0.328 e. The van der Waals surface area contributed by atoms with Crippen molar-refractivity contribution >= 4 is 11.9 Å². The van der Waals surface area contributed by atoms with E-state index in [1.165, 1.54) is 6.20 Å². The van der Waals surface area contributed by atoms with Crippen LogP contribution in [-0.2, 0) is 9.59 Å². The molecule has 0 bridgehead atoms. The van der Waals surface area contributed by atoms with Crippen LogP contribution in [0.1, 0.15) is 25.3 Å². The van der Waals surface area contributed by atoms with Gasteiger partial charge in [0.1, 0.15) is 12.2 Å². The number of aliphatic hydroxyl groups is 2. The van der Waals surface area contributed by atoms with Gasteiger partial charge in [0.2, 0.25) is 5.91 Å². The molecule has 0 spiro atoms. The first kappa shape index (κ1) is 16.9. The van der Waals surface area contributed by atoms with Crippen molar-refractivity contribution in [3.8, 4) is 0 Å². The molecular weight excluding hydrogens is 310 g/mol. The van der Waals surface area contributed by atoms with Gasteiger partial charge >= 0.3 is 11.7 Å². The van der Waals surface area contributed by atoms with Crippen LogP contribution in [0.2, 0.25) is 0 Å². The first-order valence-corrected chi connectivity index (χ1v) is 6.98. The number of hydrogen-bond donors (Lipinski definition) is 5. The van der Waals surface area contributed by atoms with E-state index < -0.39 is 47.4 Å². The summed E-state index contributed by atoms with van der Waals surface area (Å²) in [6, 6.07) is -0.534. The van der Waals surface area contributed by atoms with Crippen molar-refractivity contribution in [1.29, 1.82) is 0 Å². The Bertz CT molecular complexity index is 710. The van der Waals surface area contributed by atoms with Crippen molar-refractivity contribution in [3.63, 3.8) is 0 Å². The van der Waals surface area contributed by atoms with Gasteiger partial charge in [0, 0.05) is 18.7 Å². The Morgan fingerprint density at radius 1 is 1.26 bits per heavy atom. The van der Waals surface area contributed by atoms with Gasteiger partial charge in [-0.25, -0.2) is 4.79 Å². The van der Waals surface area contributed by atoms with Crippen molar-refractivity contribution in [2.45, 2.75) is 43.6 Å². The average Bonchev–Trinajstić information content (AvgIpc) is 2.74. The molecule has 2 rings (SSSR count). The van der Waals surface area contributed by atoms with Crippen molar-refractivity contribution in [2.75, 3.05) is 0 Å². The highest BCUT2D eigenvalue weighted by Gasteiger charge is 2.43. The summed E-state index contributed by atoms with van der Waals surface area (Å²) in [4.78, 5) is 46.9. The molecule has 1 aliphatic rings. The highest BCUT2D eigenvalue weighted by molar-refractivity contribution is 5.80. The Kier molecular flexibility index (Phi) is 4.96. The summed E-state index contributed by atoms with van der Waals surface area (Å²) in [6.07, 6.45) is -1.96. The molecule has 0 unspecified atom stereocenters. The second kappa shape index (κ2) is 6.75. The lowest BCUT2D eigenvalue weighted by Crippen LogP contribution is -2.43. The van der Waals surface area contributed by atoms with E-state index in [0.717, 1.165) is 10.6 Å². The van der Waals surface area contributed by atoms with Crippen molar-refractivity contribution in [1.82, 2.24) is 14.9 Å². The molecule has 23 heavy (non-hydrogen) atoms. The van der Waals surface area contributed by atoms with Crippen LogP contribution in [0.5, 0.6) is 0 Å². The standard InChI is InChI=1S/C13H17N3O7/c17-8(1-2-10(19)20)14-6-5-7(12(22)11(6)21)16-4-3-9(18)15-13(16)23/h3-4,6-7,11-12,21-22H,1-2,5H2,(H,14,17)(H,19,20)(H,15,18,23)/t6-,7+,11-,12+/m1/s1. The van der Waals surface area contributed by atoms with E-state index in [2.05, 4.69) is 5.32 Å². The molecule has 1 fully saturated rings. The topological polar surface area (TPSA) is 162 Å². The molecule has 10 nitrogen and oxygen atoms in total. The largest absolute Gasteiger partial charge is 0.481 e. The van der Waals surface area contributed by atoms with Crippen LogP contribution >= 0.6 is 0 Å². The molecule has 0 aromatic carbocycles. The van der Waals surface area contributed by atoms with E-state index in [4.69, 9.17) is 5.11 Å². The molecule has 0 aliphatic heterocycles. The lowest BCUT2D eigenvalue weighted by molar-refractivity contribution is -0.139. The van der Waals surface area contributed by atoms with E-state index in [0.29, 0.717) is 0 Å². The summed E-state index contributed by atoms with van der Waals surface area (Å²) in [7, 11) is 0. The van der Waals surface area contributed by atoms with Crippen LogP contribution < -0.4 is 16.6 Å². The van der Waals surface area contributed by atoms with Crippen molar-refractivity contribution in [3.05, 3.63) is 33.1 Å². The van der Waals surface area contributed by atoms with Crippen LogP contribution in [0.4, 0.5) is 0 Å². The predicted octanol–water partition coefficient (Wildman–Crippen LogP) is -2.45. The number of carboxylic acids is 1. The lowest BCUT2D eigenvalue weighted by Gasteiger charge is -2.18. The molecule has 10 heteroatoms. The van der Waals surface area contributed by atoms with Gasteiger partial charge in [0.25, 0.3) is 5.56 Å². The molecule has 1 aromatic heterocycles. The number of carboxylic acid groups (broad SMARTS) is 1. The number of rotatable bonds is 5. The van der Waals surface area contributed by atoms with E-state index >= 15 is 0 Å². The minimum Gasteiger partial charge on any atom is -0.481 e. The first-order chi connectivity index (χ1) is 10.8. The highest BCUT2D eigenvalue weighted by Crippen LogP contribution is 2.29. The quantitative estimate of drug-likeness (QED) is 0.401. The third-order valence-electron chi connectivity index (χ3n) is 3.77. The normalized spacial score (nSPS) is 26.9.